The largest absolute Gasteiger partial charge is 0.497 e. The lowest BCUT2D eigenvalue weighted by atomic mass is 10.2. The van der Waals surface area contributed by atoms with Crippen LogP contribution in [0.2, 0.25) is 0 Å². The number of fused-ring (bicyclic) bond motifs is 1. The lowest BCUT2D eigenvalue weighted by Gasteiger charge is -2.11. The molecule has 0 saturated carbocycles. The second-order valence-electron chi connectivity index (χ2n) is 5.60. The first-order valence-corrected chi connectivity index (χ1v) is 8.57. The molecule has 0 aliphatic carbocycles. The van der Waals surface area contributed by atoms with E-state index in [1.165, 1.54) is 0 Å². The van der Waals surface area contributed by atoms with E-state index in [1.54, 1.807) is 23.0 Å². The number of aromatic nitrogens is 2. The second-order valence-corrected chi connectivity index (χ2v) is 6.81. The molecule has 3 aromatic rings. The van der Waals surface area contributed by atoms with Crippen LogP contribution in [0.3, 0.4) is 0 Å². The van der Waals surface area contributed by atoms with Crippen LogP contribution in [-0.2, 0) is 6.54 Å². The first-order valence-electron chi connectivity index (χ1n) is 7.75. The number of rotatable bonds is 5. The van der Waals surface area contributed by atoms with Gasteiger partial charge in [0, 0.05) is 4.88 Å². The first-order chi connectivity index (χ1) is 11.5. The molecule has 5 nitrogen and oxygen atoms in total. The summed E-state index contributed by atoms with van der Waals surface area (Å²) in [7, 11) is 1.63. The molecule has 3 rings (SSSR count). The Morgan fingerprint density at radius 3 is 2.46 bits per heavy atom. The highest BCUT2D eigenvalue weighted by atomic mass is 32.1. The van der Waals surface area contributed by atoms with Crippen molar-refractivity contribution in [3.05, 3.63) is 50.9 Å². The molecule has 0 aliphatic rings. The van der Waals surface area contributed by atoms with E-state index in [4.69, 9.17) is 9.47 Å². The molecule has 6 heteroatoms. The van der Waals surface area contributed by atoms with Crippen LogP contribution < -0.4 is 15.0 Å². The third kappa shape index (κ3) is 3.01. The monoisotopic (exact) mass is 344 g/mol. The molecule has 0 N–H and O–H groups in total. The highest BCUT2D eigenvalue weighted by Gasteiger charge is 2.14. The maximum atomic E-state index is 12.8. The molecule has 126 valence electrons. The number of benzene rings is 1. The number of ether oxygens (including phenoxy) is 2. The summed E-state index contributed by atoms with van der Waals surface area (Å²) in [6.07, 6.45) is 0. The molecule has 0 bridgehead atoms. The predicted molar refractivity (Wildman–Crippen MR) is 96.6 cm³/mol. The lowest BCUT2D eigenvalue weighted by Crippen LogP contribution is -2.26. The molecular formula is C18H20N2O3S. The summed E-state index contributed by atoms with van der Waals surface area (Å²) in [4.78, 5) is 19.3. The summed E-state index contributed by atoms with van der Waals surface area (Å²) in [5, 5.41) is 0.729. The van der Waals surface area contributed by atoms with Crippen LogP contribution in [0.4, 0.5) is 0 Å². The van der Waals surface area contributed by atoms with Crippen molar-refractivity contribution in [3.8, 4) is 11.5 Å². The van der Waals surface area contributed by atoms with Gasteiger partial charge in [0.1, 0.15) is 28.8 Å². The van der Waals surface area contributed by atoms with Gasteiger partial charge >= 0.3 is 0 Å². The van der Waals surface area contributed by atoms with Crippen LogP contribution in [-0.4, -0.2) is 23.3 Å². The topological polar surface area (TPSA) is 53.4 Å². The Kier molecular flexibility index (Phi) is 4.57. The van der Waals surface area contributed by atoms with Crippen LogP contribution in [0.25, 0.3) is 10.2 Å². The molecule has 0 radical (unpaired) electrons. The van der Waals surface area contributed by atoms with Gasteiger partial charge in [-0.3, -0.25) is 9.36 Å². The minimum Gasteiger partial charge on any atom is -0.497 e. The van der Waals surface area contributed by atoms with E-state index >= 15 is 0 Å². The van der Waals surface area contributed by atoms with Gasteiger partial charge in [-0.05, 0) is 50.6 Å². The van der Waals surface area contributed by atoms with Crippen molar-refractivity contribution in [3.63, 3.8) is 0 Å². The van der Waals surface area contributed by atoms with Gasteiger partial charge in [0.25, 0.3) is 5.56 Å². The molecule has 0 aliphatic heterocycles. The van der Waals surface area contributed by atoms with Crippen molar-refractivity contribution in [2.24, 2.45) is 0 Å². The zero-order valence-corrected chi connectivity index (χ0v) is 15.1. The van der Waals surface area contributed by atoms with Crippen molar-refractivity contribution in [1.82, 2.24) is 9.55 Å². The molecule has 0 unspecified atom stereocenters. The molecule has 0 amide bonds. The van der Waals surface area contributed by atoms with Gasteiger partial charge < -0.3 is 9.47 Å². The van der Waals surface area contributed by atoms with E-state index < -0.39 is 0 Å². The molecule has 0 saturated heterocycles. The normalized spacial score (nSPS) is 11.0. The van der Waals surface area contributed by atoms with Gasteiger partial charge in [-0.2, -0.15) is 0 Å². The number of thiophene rings is 1. The Balaban J connectivity index is 1.79. The molecule has 1 aromatic carbocycles. The molecule has 0 spiro atoms. The first kappa shape index (κ1) is 16.5. The van der Waals surface area contributed by atoms with Crippen LogP contribution in [0.15, 0.2) is 29.1 Å². The molecule has 0 atom stereocenters. The van der Waals surface area contributed by atoms with Crippen molar-refractivity contribution >= 4 is 21.6 Å². The fourth-order valence-electron chi connectivity index (χ4n) is 2.62. The summed E-state index contributed by atoms with van der Waals surface area (Å²) in [5.41, 5.74) is 1.04. The third-order valence-corrected chi connectivity index (χ3v) is 5.22. The van der Waals surface area contributed by atoms with E-state index in [0.29, 0.717) is 19.0 Å². The minimum atomic E-state index is 0.0117. The fraction of sp³-hybridized carbons (Fsp3) is 0.333. The van der Waals surface area contributed by atoms with Crippen molar-refractivity contribution in [2.45, 2.75) is 27.3 Å². The summed E-state index contributed by atoms with van der Waals surface area (Å²) < 4.78 is 12.5. The van der Waals surface area contributed by atoms with Gasteiger partial charge in [0.05, 0.1) is 19.0 Å². The zero-order chi connectivity index (χ0) is 17.3. The molecule has 0 fully saturated rings. The smallest absolute Gasteiger partial charge is 0.262 e. The number of aryl methyl sites for hydroxylation is 3. The van der Waals surface area contributed by atoms with Crippen LogP contribution in [0, 0.1) is 20.8 Å². The molecule has 2 heterocycles. The molecule has 24 heavy (non-hydrogen) atoms. The van der Waals surface area contributed by atoms with Crippen LogP contribution in [0.1, 0.15) is 16.3 Å². The fourth-order valence-corrected chi connectivity index (χ4v) is 3.68. The van der Waals surface area contributed by atoms with Crippen LogP contribution in [0.5, 0.6) is 11.5 Å². The summed E-state index contributed by atoms with van der Waals surface area (Å²) in [6.45, 7) is 6.73. The number of nitrogens with zero attached hydrogens (tertiary/aromatic N) is 2. The highest BCUT2D eigenvalue weighted by molar-refractivity contribution is 7.18. The number of methoxy groups -OCH3 is 1. The Bertz CT molecular complexity index is 926. The van der Waals surface area contributed by atoms with Gasteiger partial charge in [-0.15, -0.1) is 11.3 Å². The lowest BCUT2D eigenvalue weighted by molar-refractivity contribution is 0.294. The second kappa shape index (κ2) is 6.65. The average Bonchev–Trinajstić information content (AvgIpc) is 2.85. The SMILES string of the molecule is COc1ccc(OCCn2c(C)nc3sc(C)c(C)c3c2=O)cc1. The van der Waals surface area contributed by atoms with Gasteiger partial charge in [-0.1, -0.05) is 0 Å². The average molecular weight is 344 g/mol. The van der Waals surface area contributed by atoms with E-state index in [0.717, 1.165) is 32.2 Å². The quantitative estimate of drug-likeness (QED) is 0.711. The van der Waals surface area contributed by atoms with E-state index in [2.05, 4.69) is 4.98 Å². The van der Waals surface area contributed by atoms with Crippen molar-refractivity contribution in [2.75, 3.05) is 13.7 Å². The van der Waals surface area contributed by atoms with Gasteiger partial charge in [0.15, 0.2) is 0 Å². The Labute approximate surface area is 144 Å². The zero-order valence-electron chi connectivity index (χ0n) is 14.3. The number of hydrogen-bond acceptors (Lipinski definition) is 5. The molecular weight excluding hydrogens is 324 g/mol. The van der Waals surface area contributed by atoms with Crippen molar-refractivity contribution in [1.29, 1.82) is 0 Å². The van der Waals surface area contributed by atoms with E-state index in [1.807, 2.05) is 45.0 Å². The predicted octanol–water partition coefficient (Wildman–Crippen LogP) is 3.47. The van der Waals surface area contributed by atoms with E-state index in [9.17, 15) is 4.79 Å². The maximum Gasteiger partial charge on any atom is 0.262 e. The van der Waals surface area contributed by atoms with Crippen molar-refractivity contribution < 1.29 is 9.47 Å². The minimum absolute atomic E-state index is 0.0117. The summed E-state index contributed by atoms with van der Waals surface area (Å²) in [6, 6.07) is 7.39. The standard InChI is InChI=1S/C18H20N2O3S/c1-11-12(2)24-17-16(11)18(21)20(13(3)19-17)9-10-23-15-7-5-14(22-4)6-8-15/h5-8H,9-10H2,1-4H3. The summed E-state index contributed by atoms with van der Waals surface area (Å²) in [5.74, 6) is 2.25. The van der Waals surface area contributed by atoms with E-state index in [-0.39, 0.29) is 5.56 Å². The van der Waals surface area contributed by atoms with Gasteiger partial charge in [-0.25, -0.2) is 4.98 Å². The number of hydrogen-bond donors (Lipinski definition) is 0. The summed E-state index contributed by atoms with van der Waals surface area (Å²) >= 11 is 1.57. The Morgan fingerprint density at radius 2 is 1.79 bits per heavy atom. The van der Waals surface area contributed by atoms with Crippen LogP contribution >= 0.6 is 11.3 Å². The maximum absolute atomic E-state index is 12.8. The Hall–Kier alpha value is -2.34. The third-order valence-electron chi connectivity index (χ3n) is 4.12. The van der Waals surface area contributed by atoms with Gasteiger partial charge in [0.2, 0.25) is 0 Å². The highest BCUT2D eigenvalue weighted by Crippen LogP contribution is 2.26. The molecule has 2 aromatic heterocycles. The Morgan fingerprint density at radius 1 is 1.12 bits per heavy atom.